The highest BCUT2D eigenvalue weighted by atomic mass is 14.9. The first-order valence-corrected chi connectivity index (χ1v) is 16.4. The first kappa shape index (κ1) is 36.9. The summed E-state index contributed by atoms with van der Waals surface area (Å²) in [7, 11) is 0. The lowest BCUT2D eigenvalue weighted by atomic mass is 10.0. The summed E-state index contributed by atoms with van der Waals surface area (Å²) >= 11 is 0. The standard InChI is InChI=1S/C46H50N2/c1-9-39(34-38(8)48-45-28-20-16-22-36(45)6)23-17-18-24-42(12-4)44-27-19-21-29-46(44)47-37(7)31-33-40(10-2)35(5)30-32-41(11-3)43-25-14-13-15-26-43/h9-22,24-34,47-48H,4-5,7,23H2,1-3,6,8H3/b18-17-,32-30-,33-31-,38-34+,39-9-,40-10+,41-11+,42-24+. The zero-order chi connectivity index (χ0) is 34.7. The van der Waals surface area contributed by atoms with Gasteiger partial charge >= 0.3 is 0 Å². The number of hydrogen-bond donors (Lipinski definition) is 2. The molecule has 0 saturated heterocycles. The number of nitrogens with one attached hydrogen (secondary N) is 2. The first-order valence-electron chi connectivity index (χ1n) is 16.4. The quantitative estimate of drug-likeness (QED) is 0.154. The number of benzene rings is 3. The second-order valence-electron chi connectivity index (χ2n) is 11.3. The van der Waals surface area contributed by atoms with Crippen LogP contribution in [-0.4, -0.2) is 0 Å². The molecule has 0 aliphatic heterocycles. The minimum absolute atomic E-state index is 0.773. The smallest absolute Gasteiger partial charge is 0.0463 e. The molecule has 0 radical (unpaired) electrons. The van der Waals surface area contributed by atoms with E-state index in [1.165, 1.54) is 16.7 Å². The van der Waals surface area contributed by atoms with E-state index in [1.807, 2.05) is 50.3 Å². The van der Waals surface area contributed by atoms with Crippen LogP contribution >= 0.6 is 0 Å². The fourth-order valence-electron chi connectivity index (χ4n) is 5.06. The highest BCUT2D eigenvalue weighted by Gasteiger charge is 2.05. The van der Waals surface area contributed by atoms with E-state index < -0.39 is 0 Å². The van der Waals surface area contributed by atoms with Crippen molar-refractivity contribution in [3.8, 4) is 0 Å². The van der Waals surface area contributed by atoms with Crippen LogP contribution in [0.1, 0.15) is 50.8 Å². The molecule has 48 heavy (non-hydrogen) atoms. The minimum atomic E-state index is 0.773. The Balaban J connectivity index is 1.66. The van der Waals surface area contributed by atoms with Crippen molar-refractivity contribution in [3.05, 3.63) is 216 Å². The Morgan fingerprint density at radius 3 is 2.06 bits per heavy atom. The van der Waals surface area contributed by atoms with Gasteiger partial charge in [-0.3, -0.25) is 0 Å². The molecule has 0 fully saturated rings. The number of para-hydroxylation sites is 2. The SMILES string of the molecule is C=C/C(=C\C=C/CC(=C/C)/C=C(\C)Nc1ccccc1C)c1ccccc1NC(=C)/C=C\C(=C/C)C(=C)/C=C\C(=C/C)c1ccccc1. The van der Waals surface area contributed by atoms with Gasteiger partial charge in [-0.2, -0.15) is 0 Å². The van der Waals surface area contributed by atoms with Crippen LogP contribution in [0.5, 0.6) is 0 Å². The number of rotatable bonds is 16. The molecule has 0 spiro atoms. The Morgan fingerprint density at radius 2 is 1.40 bits per heavy atom. The second-order valence-corrected chi connectivity index (χ2v) is 11.3. The molecule has 3 aromatic carbocycles. The van der Waals surface area contributed by atoms with E-state index in [9.17, 15) is 0 Å². The maximum Gasteiger partial charge on any atom is 0.0463 e. The van der Waals surface area contributed by atoms with E-state index in [0.717, 1.165) is 57.0 Å². The molecule has 0 atom stereocenters. The molecular weight excluding hydrogens is 581 g/mol. The van der Waals surface area contributed by atoms with E-state index in [2.05, 4.69) is 166 Å². The van der Waals surface area contributed by atoms with Crippen LogP contribution in [0.15, 0.2) is 200 Å². The van der Waals surface area contributed by atoms with Crippen molar-refractivity contribution < 1.29 is 0 Å². The van der Waals surface area contributed by atoms with E-state index >= 15 is 0 Å². The van der Waals surface area contributed by atoms with E-state index in [4.69, 9.17) is 0 Å². The summed E-state index contributed by atoms with van der Waals surface area (Å²) < 4.78 is 0. The van der Waals surface area contributed by atoms with Crippen molar-refractivity contribution >= 4 is 22.5 Å². The van der Waals surface area contributed by atoms with Crippen molar-refractivity contribution in [1.29, 1.82) is 0 Å². The predicted octanol–water partition coefficient (Wildman–Crippen LogP) is 13.1. The Morgan fingerprint density at radius 1 is 0.708 bits per heavy atom. The lowest BCUT2D eigenvalue weighted by Crippen LogP contribution is -1.99. The zero-order valence-corrected chi connectivity index (χ0v) is 29.3. The van der Waals surface area contributed by atoms with Crippen molar-refractivity contribution in [3.63, 3.8) is 0 Å². The fraction of sp³-hybridized carbons (Fsp3) is 0.130. The van der Waals surface area contributed by atoms with Crippen LogP contribution in [0, 0.1) is 6.92 Å². The summed E-state index contributed by atoms with van der Waals surface area (Å²) in [5.41, 5.74) is 12.8. The molecule has 0 saturated carbocycles. The van der Waals surface area contributed by atoms with Crippen LogP contribution < -0.4 is 10.6 Å². The van der Waals surface area contributed by atoms with Crippen LogP contribution in [0.3, 0.4) is 0 Å². The van der Waals surface area contributed by atoms with Gasteiger partial charge in [0.1, 0.15) is 0 Å². The molecule has 0 aromatic heterocycles. The van der Waals surface area contributed by atoms with Gasteiger partial charge in [0.25, 0.3) is 0 Å². The molecule has 0 unspecified atom stereocenters. The third-order valence-electron chi connectivity index (χ3n) is 7.80. The number of hydrogen-bond acceptors (Lipinski definition) is 2. The lowest BCUT2D eigenvalue weighted by Gasteiger charge is -2.13. The van der Waals surface area contributed by atoms with Gasteiger partial charge in [-0.15, -0.1) is 0 Å². The summed E-state index contributed by atoms with van der Waals surface area (Å²) in [5.74, 6) is 0. The number of anilines is 2. The topological polar surface area (TPSA) is 24.1 Å². The fourth-order valence-corrected chi connectivity index (χ4v) is 5.06. The summed E-state index contributed by atoms with van der Waals surface area (Å²) in [6.45, 7) is 23.0. The maximum absolute atomic E-state index is 4.30. The second kappa shape index (κ2) is 19.8. The molecular formula is C46H50N2. The van der Waals surface area contributed by atoms with Gasteiger partial charge in [0.05, 0.1) is 0 Å². The predicted molar refractivity (Wildman–Crippen MR) is 215 cm³/mol. The summed E-state index contributed by atoms with van der Waals surface area (Å²) in [6, 6.07) is 26.9. The highest BCUT2D eigenvalue weighted by molar-refractivity contribution is 5.83. The largest absolute Gasteiger partial charge is 0.359 e. The molecule has 0 bridgehead atoms. The Labute approximate surface area is 289 Å². The van der Waals surface area contributed by atoms with Gasteiger partial charge in [0.15, 0.2) is 0 Å². The van der Waals surface area contributed by atoms with E-state index in [1.54, 1.807) is 0 Å². The minimum Gasteiger partial charge on any atom is -0.359 e. The molecule has 3 rings (SSSR count). The zero-order valence-electron chi connectivity index (χ0n) is 29.3. The molecule has 2 nitrogen and oxygen atoms in total. The van der Waals surface area contributed by atoms with Gasteiger partial charge in [0.2, 0.25) is 0 Å². The number of aryl methyl sites for hydroxylation is 1. The Hall–Kier alpha value is -5.60. The third kappa shape index (κ3) is 11.6. The number of allylic oxidation sites excluding steroid dienone is 18. The maximum atomic E-state index is 4.30. The summed E-state index contributed by atoms with van der Waals surface area (Å²) in [4.78, 5) is 0. The summed E-state index contributed by atoms with van der Waals surface area (Å²) in [5, 5.41) is 7.00. The normalized spacial score (nSPS) is 13.4. The van der Waals surface area contributed by atoms with Gasteiger partial charge in [-0.25, -0.2) is 0 Å². The van der Waals surface area contributed by atoms with Crippen LogP contribution in [0.4, 0.5) is 11.4 Å². The monoisotopic (exact) mass is 630 g/mol. The van der Waals surface area contributed by atoms with Gasteiger partial charge in [-0.1, -0.05) is 147 Å². The van der Waals surface area contributed by atoms with Gasteiger partial charge in [0, 0.05) is 28.3 Å². The van der Waals surface area contributed by atoms with Crippen LogP contribution in [0.2, 0.25) is 0 Å². The van der Waals surface area contributed by atoms with Gasteiger partial charge in [-0.05, 0) is 104 Å². The van der Waals surface area contributed by atoms with Crippen molar-refractivity contribution in [1.82, 2.24) is 0 Å². The molecule has 2 N–H and O–H groups in total. The molecule has 0 aliphatic rings. The van der Waals surface area contributed by atoms with Crippen molar-refractivity contribution in [2.75, 3.05) is 10.6 Å². The van der Waals surface area contributed by atoms with Crippen LogP contribution in [-0.2, 0) is 0 Å². The third-order valence-corrected chi connectivity index (χ3v) is 7.80. The molecule has 2 heteroatoms. The highest BCUT2D eigenvalue weighted by Crippen LogP contribution is 2.27. The lowest BCUT2D eigenvalue weighted by molar-refractivity contribution is 1.23. The molecule has 0 aliphatic carbocycles. The average Bonchev–Trinajstić information content (AvgIpc) is 3.10. The van der Waals surface area contributed by atoms with Crippen LogP contribution in [0.25, 0.3) is 11.1 Å². The van der Waals surface area contributed by atoms with Crippen molar-refractivity contribution in [2.45, 2.75) is 41.0 Å². The Bertz CT molecular complexity index is 1810. The summed E-state index contributed by atoms with van der Waals surface area (Å²) in [6.07, 6.45) is 25.8. The van der Waals surface area contributed by atoms with Gasteiger partial charge < -0.3 is 10.6 Å². The van der Waals surface area contributed by atoms with E-state index in [-0.39, 0.29) is 0 Å². The van der Waals surface area contributed by atoms with Crippen molar-refractivity contribution in [2.24, 2.45) is 0 Å². The molecule has 0 heterocycles. The molecule has 0 amide bonds. The van der Waals surface area contributed by atoms with E-state index in [0.29, 0.717) is 0 Å². The first-order chi connectivity index (χ1) is 23.3. The molecule has 3 aromatic rings. The Kier molecular flexibility index (Phi) is 15.2. The average molecular weight is 631 g/mol. The molecule has 244 valence electrons.